The molecule has 11 heteroatoms. The number of hydrogen-bond acceptors (Lipinski definition) is 7. The Bertz CT molecular complexity index is 1400. The molecule has 1 amide bonds. The smallest absolute Gasteiger partial charge is 0.267 e. The Morgan fingerprint density at radius 2 is 1.89 bits per heavy atom. The minimum atomic E-state index is -3.72. The van der Waals surface area contributed by atoms with Gasteiger partial charge in [0.05, 0.1) is 30.9 Å². The lowest BCUT2D eigenvalue weighted by Gasteiger charge is -2.26. The van der Waals surface area contributed by atoms with E-state index in [-0.39, 0.29) is 24.5 Å². The highest BCUT2D eigenvalue weighted by molar-refractivity contribution is 7.89. The summed E-state index contributed by atoms with van der Waals surface area (Å²) >= 11 is 0. The third-order valence-corrected chi connectivity index (χ3v) is 7.63. The van der Waals surface area contributed by atoms with E-state index in [9.17, 15) is 18.0 Å². The highest BCUT2D eigenvalue weighted by Crippen LogP contribution is 2.26. The van der Waals surface area contributed by atoms with Crippen LogP contribution in [-0.2, 0) is 26.1 Å². The molecule has 2 aromatic carbocycles. The fraction of sp³-hybridized carbons (Fsp3) is 0.292. The molecule has 10 nitrogen and oxygen atoms in total. The number of morpholine rings is 1. The van der Waals surface area contributed by atoms with Gasteiger partial charge in [0.1, 0.15) is 12.3 Å². The van der Waals surface area contributed by atoms with Crippen molar-refractivity contribution in [3.8, 4) is 17.0 Å². The first-order valence-electron chi connectivity index (χ1n) is 11.0. The van der Waals surface area contributed by atoms with Gasteiger partial charge in [-0.15, -0.1) is 0 Å². The van der Waals surface area contributed by atoms with Crippen LogP contribution in [0.4, 0.5) is 5.69 Å². The van der Waals surface area contributed by atoms with Crippen molar-refractivity contribution in [3.63, 3.8) is 0 Å². The summed E-state index contributed by atoms with van der Waals surface area (Å²) in [4.78, 5) is 25.1. The van der Waals surface area contributed by atoms with Crippen molar-refractivity contribution in [2.45, 2.75) is 18.4 Å². The monoisotopic (exact) mass is 498 g/mol. The molecule has 2 heterocycles. The lowest BCUT2D eigenvalue weighted by molar-refractivity contribution is -0.117. The van der Waals surface area contributed by atoms with Gasteiger partial charge >= 0.3 is 0 Å². The van der Waals surface area contributed by atoms with E-state index < -0.39 is 21.5 Å². The van der Waals surface area contributed by atoms with Crippen LogP contribution in [-0.4, -0.2) is 61.8 Å². The van der Waals surface area contributed by atoms with Crippen molar-refractivity contribution >= 4 is 21.6 Å². The number of rotatable bonds is 7. The molecule has 0 atom stereocenters. The molecule has 0 saturated carbocycles. The number of nitrogens with one attached hydrogen (secondary N) is 1. The maximum Gasteiger partial charge on any atom is 0.267 e. The quantitative estimate of drug-likeness (QED) is 0.528. The minimum absolute atomic E-state index is 0.173. The molecule has 1 aromatic heterocycles. The van der Waals surface area contributed by atoms with E-state index in [0.717, 1.165) is 4.68 Å². The molecule has 1 aliphatic heterocycles. The molecule has 1 N–H and O–H groups in total. The third-order valence-electron chi connectivity index (χ3n) is 5.59. The molecule has 0 radical (unpaired) electrons. The zero-order valence-corrected chi connectivity index (χ0v) is 20.2. The first kappa shape index (κ1) is 24.6. The number of hydrogen-bond donors (Lipinski definition) is 1. The standard InChI is InChI=1S/C24H26N4O6S/c1-17-6-7-18(14-22(17)35(31,32)27-10-12-34-13-11-27)21-8-9-24(30)28(26-21)16-23(29)25-19-4-3-5-20(15-19)33-2/h3-9,14-15H,10-13,16H2,1-2H3,(H,25,29). The Labute approximate surface area is 203 Å². The van der Waals surface area contributed by atoms with Gasteiger partial charge in [-0.2, -0.15) is 9.40 Å². The molecule has 0 aliphatic carbocycles. The van der Waals surface area contributed by atoms with Crippen LogP contribution in [0.5, 0.6) is 5.75 Å². The second-order valence-corrected chi connectivity index (χ2v) is 9.90. The maximum atomic E-state index is 13.2. The number of nitrogens with zero attached hydrogens (tertiary/aromatic N) is 3. The summed E-state index contributed by atoms with van der Waals surface area (Å²) in [5.74, 6) is 0.145. The van der Waals surface area contributed by atoms with Crippen LogP contribution in [0.1, 0.15) is 5.56 Å². The number of benzene rings is 2. The summed E-state index contributed by atoms with van der Waals surface area (Å²) in [7, 11) is -2.19. The molecule has 1 fully saturated rings. The average molecular weight is 499 g/mol. The Hall–Kier alpha value is -3.54. The van der Waals surface area contributed by atoms with Gasteiger partial charge < -0.3 is 14.8 Å². The molecule has 3 aromatic rings. The van der Waals surface area contributed by atoms with Gasteiger partial charge in [0, 0.05) is 36.5 Å². The van der Waals surface area contributed by atoms with Gasteiger partial charge in [0.25, 0.3) is 5.56 Å². The van der Waals surface area contributed by atoms with E-state index in [4.69, 9.17) is 9.47 Å². The maximum absolute atomic E-state index is 13.2. The third kappa shape index (κ3) is 5.59. The van der Waals surface area contributed by atoms with E-state index in [1.54, 1.807) is 49.4 Å². The van der Waals surface area contributed by atoms with Gasteiger partial charge in [-0.25, -0.2) is 13.1 Å². The SMILES string of the molecule is COc1cccc(NC(=O)Cn2nc(-c3ccc(C)c(S(=O)(=O)N4CCOCC4)c3)ccc2=O)c1. The van der Waals surface area contributed by atoms with Crippen LogP contribution in [0.15, 0.2) is 64.3 Å². The van der Waals surface area contributed by atoms with Crippen LogP contribution < -0.4 is 15.6 Å². The van der Waals surface area contributed by atoms with Crippen molar-refractivity contribution < 1.29 is 22.7 Å². The number of carbonyl (C=O) groups excluding carboxylic acids is 1. The summed E-state index contributed by atoms with van der Waals surface area (Å²) in [6, 6.07) is 14.7. The average Bonchev–Trinajstić information content (AvgIpc) is 2.86. The highest BCUT2D eigenvalue weighted by atomic mass is 32.2. The van der Waals surface area contributed by atoms with E-state index >= 15 is 0 Å². The number of aryl methyl sites for hydroxylation is 1. The van der Waals surface area contributed by atoms with Crippen LogP contribution in [0.2, 0.25) is 0 Å². The number of aromatic nitrogens is 2. The lowest BCUT2D eigenvalue weighted by atomic mass is 10.1. The zero-order valence-electron chi connectivity index (χ0n) is 19.4. The minimum Gasteiger partial charge on any atom is -0.497 e. The summed E-state index contributed by atoms with van der Waals surface area (Å²) < 4.78 is 39.3. The number of amides is 1. The van der Waals surface area contributed by atoms with Gasteiger partial charge in [-0.3, -0.25) is 9.59 Å². The first-order chi connectivity index (χ1) is 16.8. The molecular formula is C24H26N4O6S. The molecule has 1 aliphatic rings. The summed E-state index contributed by atoms with van der Waals surface area (Å²) in [6.07, 6.45) is 0. The molecule has 0 unspecified atom stereocenters. The van der Waals surface area contributed by atoms with Gasteiger partial charge in [0.15, 0.2) is 0 Å². The largest absolute Gasteiger partial charge is 0.497 e. The summed E-state index contributed by atoms with van der Waals surface area (Å²) in [5.41, 5.74) is 1.56. The number of sulfonamides is 1. The normalized spacial score (nSPS) is 14.5. The second kappa shape index (κ2) is 10.4. The predicted molar refractivity (Wildman–Crippen MR) is 130 cm³/mol. The topological polar surface area (TPSA) is 120 Å². The van der Waals surface area contributed by atoms with E-state index in [1.807, 2.05) is 0 Å². The van der Waals surface area contributed by atoms with E-state index in [2.05, 4.69) is 10.4 Å². The highest BCUT2D eigenvalue weighted by Gasteiger charge is 2.28. The summed E-state index contributed by atoms with van der Waals surface area (Å²) in [6.45, 7) is 2.70. The van der Waals surface area contributed by atoms with Crippen molar-refractivity contribution in [2.24, 2.45) is 0 Å². The van der Waals surface area contributed by atoms with Gasteiger partial charge in [0.2, 0.25) is 15.9 Å². The predicted octanol–water partition coefficient (Wildman–Crippen LogP) is 1.89. The van der Waals surface area contributed by atoms with E-state index in [0.29, 0.717) is 41.5 Å². The fourth-order valence-corrected chi connectivity index (χ4v) is 5.38. The van der Waals surface area contributed by atoms with E-state index in [1.165, 1.54) is 23.5 Å². The number of methoxy groups -OCH3 is 1. The summed E-state index contributed by atoms with van der Waals surface area (Å²) in [5, 5.41) is 7.02. The molecule has 0 bridgehead atoms. The number of ether oxygens (including phenoxy) is 2. The fourth-order valence-electron chi connectivity index (χ4n) is 3.72. The lowest BCUT2D eigenvalue weighted by Crippen LogP contribution is -2.40. The van der Waals surface area contributed by atoms with Gasteiger partial charge in [-0.1, -0.05) is 18.2 Å². The second-order valence-electron chi connectivity index (χ2n) is 7.99. The molecule has 35 heavy (non-hydrogen) atoms. The van der Waals surface area contributed by atoms with Crippen LogP contribution in [0, 0.1) is 6.92 Å². The van der Waals surface area contributed by atoms with Crippen LogP contribution in [0.25, 0.3) is 11.3 Å². The Morgan fingerprint density at radius 1 is 1.11 bits per heavy atom. The Balaban J connectivity index is 1.59. The Morgan fingerprint density at radius 3 is 2.63 bits per heavy atom. The van der Waals surface area contributed by atoms with Crippen molar-refractivity contribution in [3.05, 3.63) is 70.5 Å². The zero-order chi connectivity index (χ0) is 25.0. The molecular weight excluding hydrogens is 472 g/mol. The Kier molecular flexibility index (Phi) is 7.29. The van der Waals surface area contributed by atoms with Gasteiger partial charge in [-0.05, 0) is 36.8 Å². The molecule has 184 valence electrons. The molecule has 0 spiro atoms. The first-order valence-corrected chi connectivity index (χ1v) is 12.4. The van der Waals surface area contributed by atoms with Crippen molar-refractivity contribution in [1.29, 1.82) is 0 Å². The van der Waals surface area contributed by atoms with Crippen molar-refractivity contribution in [2.75, 3.05) is 38.7 Å². The van der Waals surface area contributed by atoms with Crippen LogP contribution in [0.3, 0.4) is 0 Å². The molecule has 4 rings (SSSR count). The van der Waals surface area contributed by atoms with Crippen molar-refractivity contribution in [1.82, 2.24) is 14.1 Å². The van der Waals surface area contributed by atoms with Crippen LogP contribution >= 0.6 is 0 Å². The number of anilines is 1. The molecule has 1 saturated heterocycles. The number of carbonyl (C=O) groups is 1.